The maximum Gasteiger partial charge on any atom is 0.245 e. The third-order valence-corrected chi connectivity index (χ3v) is 5.50. The van der Waals surface area contributed by atoms with Crippen molar-refractivity contribution in [3.8, 4) is 0 Å². The second kappa shape index (κ2) is 6.49. The van der Waals surface area contributed by atoms with E-state index in [1.807, 2.05) is 23.2 Å². The van der Waals surface area contributed by atoms with Crippen molar-refractivity contribution in [3.05, 3.63) is 35.8 Å². The minimum atomic E-state index is -0.0125. The lowest BCUT2D eigenvalue weighted by atomic mass is 10.2. The molecule has 0 unspecified atom stereocenters. The van der Waals surface area contributed by atoms with Gasteiger partial charge in [0, 0.05) is 28.3 Å². The highest BCUT2D eigenvalue weighted by atomic mass is 32.2. The van der Waals surface area contributed by atoms with Crippen molar-refractivity contribution < 1.29 is 4.79 Å². The normalized spacial score (nSPS) is 17.4. The first-order chi connectivity index (χ1) is 10.3. The number of carbonyl (C=O) groups is 1. The fourth-order valence-corrected chi connectivity index (χ4v) is 4.16. The molecule has 1 aromatic heterocycles. The highest BCUT2D eigenvalue weighted by Crippen LogP contribution is 2.39. The molecule has 4 nitrogen and oxygen atoms in total. The number of hydrogen-bond donors (Lipinski definition) is 1. The molecule has 21 heavy (non-hydrogen) atoms. The molecule has 2 aromatic rings. The lowest BCUT2D eigenvalue weighted by molar-refractivity contribution is -0.115. The fourth-order valence-electron chi connectivity index (χ4n) is 2.36. The van der Waals surface area contributed by atoms with Gasteiger partial charge in [-0.1, -0.05) is 19.1 Å². The molecule has 1 N–H and O–H groups in total. The van der Waals surface area contributed by atoms with Gasteiger partial charge in [-0.3, -0.25) is 4.79 Å². The van der Waals surface area contributed by atoms with Crippen LogP contribution in [0.15, 0.2) is 40.7 Å². The molecule has 0 saturated heterocycles. The first kappa shape index (κ1) is 14.4. The van der Waals surface area contributed by atoms with Gasteiger partial charge in [-0.2, -0.15) is 0 Å². The Morgan fingerprint density at radius 3 is 3.10 bits per heavy atom. The number of anilines is 2. The average Bonchev–Trinajstić information content (AvgIpc) is 2.99. The minimum absolute atomic E-state index is 0.0125. The van der Waals surface area contributed by atoms with E-state index in [1.54, 1.807) is 6.20 Å². The first-order valence-electron chi connectivity index (χ1n) is 6.96. The van der Waals surface area contributed by atoms with E-state index in [-0.39, 0.29) is 5.91 Å². The fraction of sp³-hybridized carbons (Fsp3) is 0.333. The zero-order valence-corrected chi connectivity index (χ0v) is 13.4. The SMILES string of the molecule is CC[C@H]1CN(CC(=O)Nc2nccs2)c2ccccc2S1. The lowest BCUT2D eigenvalue weighted by Gasteiger charge is -2.34. The molecule has 0 fully saturated rings. The van der Waals surface area contributed by atoms with E-state index in [0.29, 0.717) is 16.9 Å². The molecule has 6 heteroatoms. The van der Waals surface area contributed by atoms with E-state index < -0.39 is 0 Å². The minimum Gasteiger partial charge on any atom is -0.360 e. The number of thioether (sulfide) groups is 1. The van der Waals surface area contributed by atoms with Crippen LogP contribution in [-0.2, 0) is 4.79 Å². The van der Waals surface area contributed by atoms with Gasteiger partial charge in [-0.25, -0.2) is 4.98 Å². The molecule has 0 radical (unpaired) electrons. The van der Waals surface area contributed by atoms with Crippen LogP contribution in [0, 0.1) is 0 Å². The highest BCUT2D eigenvalue weighted by Gasteiger charge is 2.25. The van der Waals surface area contributed by atoms with E-state index >= 15 is 0 Å². The summed E-state index contributed by atoms with van der Waals surface area (Å²) in [6, 6.07) is 8.30. The van der Waals surface area contributed by atoms with Crippen molar-refractivity contribution in [2.75, 3.05) is 23.3 Å². The maximum absolute atomic E-state index is 12.2. The van der Waals surface area contributed by atoms with Crippen LogP contribution in [0.2, 0.25) is 0 Å². The van der Waals surface area contributed by atoms with Crippen molar-refractivity contribution in [2.24, 2.45) is 0 Å². The highest BCUT2D eigenvalue weighted by molar-refractivity contribution is 8.00. The second-order valence-corrected chi connectivity index (χ2v) is 7.12. The molecule has 0 spiro atoms. The van der Waals surface area contributed by atoms with Crippen molar-refractivity contribution >= 4 is 39.8 Å². The zero-order chi connectivity index (χ0) is 14.7. The quantitative estimate of drug-likeness (QED) is 0.937. The van der Waals surface area contributed by atoms with Gasteiger partial charge < -0.3 is 10.2 Å². The third-order valence-electron chi connectivity index (χ3n) is 3.39. The molecular formula is C15H17N3OS2. The number of hydrogen-bond acceptors (Lipinski definition) is 5. The predicted molar refractivity (Wildman–Crippen MR) is 89.3 cm³/mol. The summed E-state index contributed by atoms with van der Waals surface area (Å²) < 4.78 is 0. The molecule has 1 aliphatic rings. The Morgan fingerprint density at radius 2 is 2.33 bits per heavy atom. The van der Waals surface area contributed by atoms with Gasteiger partial charge in [0.15, 0.2) is 5.13 Å². The Kier molecular flexibility index (Phi) is 4.45. The van der Waals surface area contributed by atoms with Gasteiger partial charge in [-0.15, -0.1) is 23.1 Å². The van der Waals surface area contributed by atoms with Crippen molar-refractivity contribution in [3.63, 3.8) is 0 Å². The van der Waals surface area contributed by atoms with Crippen LogP contribution in [0.4, 0.5) is 10.8 Å². The number of nitrogens with zero attached hydrogens (tertiary/aromatic N) is 2. The molecule has 110 valence electrons. The first-order valence-corrected chi connectivity index (χ1v) is 8.72. The molecule has 3 rings (SSSR count). The van der Waals surface area contributed by atoms with E-state index in [0.717, 1.165) is 18.7 Å². The summed E-state index contributed by atoms with van der Waals surface area (Å²) in [6.07, 6.45) is 2.80. The number of benzene rings is 1. The number of rotatable bonds is 4. The number of amides is 1. The standard InChI is InChI=1S/C15H17N3OS2/c1-2-11-9-18(12-5-3-4-6-13(12)21-11)10-14(19)17-15-16-7-8-20-15/h3-8,11H,2,9-10H2,1H3,(H,16,17,19)/t11-/m0/s1. The molecular weight excluding hydrogens is 302 g/mol. The summed E-state index contributed by atoms with van der Waals surface area (Å²) in [4.78, 5) is 19.7. The Bertz CT molecular complexity index is 615. The Balaban J connectivity index is 1.73. The summed E-state index contributed by atoms with van der Waals surface area (Å²) in [5, 5.41) is 5.90. The molecule has 1 aliphatic heterocycles. The van der Waals surface area contributed by atoms with Crippen LogP contribution >= 0.6 is 23.1 Å². The van der Waals surface area contributed by atoms with Crippen LogP contribution in [0.25, 0.3) is 0 Å². The van der Waals surface area contributed by atoms with E-state index in [4.69, 9.17) is 0 Å². The van der Waals surface area contributed by atoms with Gasteiger partial charge in [0.1, 0.15) is 0 Å². The van der Waals surface area contributed by atoms with Gasteiger partial charge in [0.2, 0.25) is 5.91 Å². The van der Waals surface area contributed by atoms with Crippen LogP contribution in [0.5, 0.6) is 0 Å². The maximum atomic E-state index is 12.2. The topological polar surface area (TPSA) is 45.2 Å². The van der Waals surface area contributed by atoms with Crippen LogP contribution < -0.4 is 10.2 Å². The summed E-state index contributed by atoms with van der Waals surface area (Å²) in [6.45, 7) is 3.47. The van der Waals surface area contributed by atoms with Gasteiger partial charge in [0.25, 0.3) is 0 Å². The van der Waals surface area contributed by atoms with Gasteiger partial charge in [-0.05, 0) is 18.6 Å². The number of fused-ring (bicyclic) bond motifs is 1. The monoisotopic (exact) mass is 319 g/mol. The van der Waals surface area contributed by atoms with E-state index in [9.17, 15) is 4.79 Å². The summed E-state index contributed by atoms with van der Waals surface area (Å²) in [5.41, 5.74) is 1.15. The Morgan fingerprint density at radius 1 is 1.48 bits per heavy atom. The average molecular weight is 319 g/mol. The van der Waals surface area contributed by atoms with Crippen LogP contribution in [-0.4, -0.2) is 29.2 Å². The molecule has 0 aliphatic carbocycles. The van der Waals surface area contributed by atoms with E-state index in [2.05, 4.69) is 40.3 Å². The number of para-hydroxylation sites is 1. The molecule has 1 amide bonds. The van der Waals surface area contributed by atoms with Gasteiger partial charge in [0.05, 0.1) is 12.2 Å². The van der Waals surface area contributed by atoms with Crippen LogP contribution in [0.1, 0.15) is 13.3 Å². The van der Waals surface area contributed by atoms with E-state index in [1.165, 1.54) is 16.2 Å². The Labute approximate surface area is 132 Å². The van der Waals surface area contributed by atoms with Gasteiger partial charge >= 0.3 is 0 Å². The summed E-state index contributed by atoms with van der Waals surface area (Å²) in [7, 11) is 0. The number of aromatic nitrogens is 1. The number of nitrogens with one attached hydrogen (secondary N) is 1. The second-order valence-electron chi connectivity index (χ2n) is 4.88. The smallest absolute Gasteiger partial charge is 0.245 e. The summed E-state index contributed by atoms with van der Waals surface area (Å²) >= 11 is 3.35. The van der Waals surface area contributed by atoms with Crippen LogP contribution in [0.3, 0.4) is 0 Å². The van der Waals surface area contributed by atoms with Crippen molar-refractivity contribution in [1.82, 2.24) is 4.98 Å². The third kappa shape index (κ3) is 3.39. The molecule has 0 bridgehead atoms. The molecule has 1 aromatic carbocycles. The number of thiazole rings is 1. The summed E-state index contributed by atoms with van der Waals surface area (Å²) in [5.74, 6) is -0.0125. The lowest BCUT2D eigenvalue weighted by Crippen LogP contribution is -2.40. The number of carbonyl (C=O) groups excluding carboxylic acids is 1. The molecule has 0 saturated carbocycles. The zero-order valence-electron chi connectivity index (χ0n) is 11.8. The Hall–Kier alpha value is -1.53. The predicted octanol–water partition coefficient (Wildman–Crippen LogP) is 3.47. The van der Waals surface area contributed by atoms with Crippen molar-refractivity contribution in [2.45, 2.75) is 23.5 Å². The molecule has 1 atom stereocenters. The molecule has 2 heterocycles. The van der Waals surface area contributed by atoms with Crippen molar-refractivity contribution in [1.29, 1.82) is 0 Å². The largest absolute Gasteiger partial charge is 0.360 e.